The molecular weight excluding hydrogens is 150 g/mol. The van der Waals surface area contributed by atoms with Crippen LogP contribution in [0.2, 0.25) is 0 Å². The molecule has 1 amide bonds. The Kier molecular flexibility index (Phi) is 1.85. The van der Waals surface area contributed by atoms with Crippen LogP contribution in [0.3, 0.4) is 0 Å². The summed E-state index contributed by atoms with van der Waals surface area (Å²) >= 11 is 0. The molecule has 12 heavy (non-hydrogen) atoms. The molecule has 0 N–H and O–H groups in total. The van der Waals surface area contributed by atoms with Gasteiger partial charge in [-0.2, -0.15) is 0 Å². The van der Waals surface area contributed by atoms with Crippen LogP contribution in [0.4, 0.5) is 0 Å². The van der Waals surface area contributed by atoms with Gasteiger partial charge in [-0.25, -0.2) is 0 Å². The molecule has 0 aromatic carbocycles. The molecule has 2 saturated carbocycles. The Morgan fingerprint density at radius 3 is 2.33 bits per heavy atom. The molecule has 0 aliphatic heterocycles. The monoisotopic (exact) mass is 167 g/mol. The molecule has 2 fully saturated rings. The van der Waals surface area contributed by atoms with Gasteiger partial charge in [-0.05, 0) is 31.6 Å². The third-order valence-electron chi connectivity index (χ3n) is 3.40. The fourth-order valence-electron chi connectivity index (χ4n) is 1.88. The van der Waals surface area contributed by atoms with Crippen LogP contribution < -0.4 is 0 Å². The first kappa shape index (κ1) is 8.09. The van der Waals surface area contributed by atoms with Crippen LogP contribution >= 0.6 is 0 Å². The van der Waals surface area contributed by atoms with Crippen LogP contribution in [0.15, 0.2) is 0 Å². The van der Waals surface area contributed by atoms with Crippen molar-refractivity contribution in [1.29, 1.82) is 0 Å². The van der Waals surface area contributed by atoms with Crippen LogP contribution in [0, 0.1) is 11.8 Å². The van der Waals surface area contributed by atoms with Gasteiger partial charge in [0.2, 0.25) is 5.91 Å². The summed E-state index contributed by atoms with van der Waals surface area (Å²) in [7, 11) is 1.97. The smallest absolute Gasteiger partial charge is 0.225 e. The van der Waals surface area contributed by atoms with E-state index in [4.69, 9.17) is 0 Å². The summed E-state index contributed by atoms with van der Waals surface area (Å²) in [5.74, 6) is 1.42. The number of amides is 1. The van der Waals surface area contributed by atoms with E-state index in [1.165, 1.54) is 19.3 Å². The van der Waals surface area contributed by atoms with Gasteiger partial charge in [0, 0.05) is 19.0 Å². The van der Waals surface area contributed by atoms with Crippen molar-refractivity contribution >= 4 is 5.91 Å². The van der Waals surface area contributed by atoms with Crippen LogP contribution in [-0.2, 0) is 4.79 Å². The highest BCUT2D eigenvalue weighted by Gasteiger charge is 2.42. The molecule has 0 bridgehead atoms. The Balaban J connectivity index is 1.86. The lowest BCUT2D eigenvalue weighted by molar-refractivity contribution is -0.135. The summed E-state index contributed by atoms with van der Waals surface area (Å²) in [4.78, 5) is 13.7. The SMILES string of the molecule is CC1CC1C(=O)N(C)C1CCC1. The first-order valence-electron chi connectivity index (χ1n) is 4.97. The molecule has 0 aromatic rings. The van der Waals surface area contributed by atoms with Gasteiger partial charge >= 0.3 is 0 Å². The van der Waals surface area contributed by atoms with Gasteiger partial charge in [0.05, 0.1) is 0 Å². The Morgan fingerprint density at radius 1 is 1.42 bits per heavy atom. The normalized spacial score (nSPS) is 34.2. The predicted molar refractivity (Wildman–Crippen MR) is 47.7 cm³/mol. The lowest BCUT2D eigenvalue weighted by Crippen LogP contribution is -2.42. The predicted octanol–water partition coefficient (Wildman–Crippen LogP) is 1.65. The van der Waals surface area contributed by atoms with Crippen LogP contribution in [0.25, 0.3) is 0 Å². The minimum atomic E-state index is 0.371. The second kappa shape index (κ2) is 2.75. The van der Waals surface area contributed by atoms with Gasteiger partial charge in [-0.1, -0.05) is 6.92 Å². The molecule has 2 aliphatic carbocycles. The van der Waals surface area contributed by atoms with Gasteiger partial charge in [0.25, 0.3) is 0 Å². The van der Waals surface area contributed by atoms with Gasteiger partial charge in [0.15, 0.2) is 0 Å². The van der Waals surface area contributed by atoms with Crippen molar-refractivity contribution in [2.75, 3.05) is 7.05 Å². The minimum Gasteiger partial charge on any atom is -0.343 e. The second-order valence-electron chi connectivity index (χ2n) is 4.35. The molecular formula is C10H17NO. The van der Waals surface area contributed by atoms with E-state index in [1.807, 2.05) is 11.9 Å². The number of carbonyl (C=O) groups is 1. The first-order chi connectivity index (χ1) is 5.70. The molecule has 0 saturated heterocycles. The fraction of sp³-hybridized carbons (Fsp3) is 0.900. The van der Waals surface area contributed by atoms with Crippen molar-refractivity contribution in [3.05, 3.63) is 0 Å². The van der Waals surface area contributed by atoms with E-state index in [0.29, 0.717) is 23.8 Å². The molecule has 2 unspecified atom stereocenters. The van der Waals surface area contributed by atoms with Gasteiger partial charge in [-0.3, -0.25) is 4.79 Å². The first-order valence-corrected chi connectivity index (χ1v) is 4.97. The molecule has 2 atom stereocenters. The zero-order valence-corrected chi connectivity index (χ0v) is 7.92. The summed E-state index contributed by atoms with van der Waals surface area (Å²) in [5.41, 5.74) is 0. The molecule has 0 aromatic heterocycles. The average molecular weight is 167 g/mol. The average Bonchev–Trinajstić information content (AvgIpc) is 2.61. The maximum Gasteiger partial charge on any atom is 0.225 e. The van der Waals surface area contributed by atoms with Crippen LogP contribution in [-0.4, -0.2) is 23.9 Å². The fourth-order valence-corrected chi connectivity index (χ4v) is 1.88. The number of carbonyl (C=O) groups excluding carboxylic acids is 1. The quantitative estimate of drug-likeness (QED) is 0.612. The number of nitrogens with zero attached hydrogens (tertiary/aromatic N) is 1. The Labute approximate surface area is 73.9 Å². The summed E-state index contributed by atoms with van der Waals surface area (Å²) in [6.07, 6.45) is 4.88. The zero-order chi connectivity index (χ0) is 8.72. The Bertz CT molecular complexity index is 198. The van der Waals surface area contributed by atoms with E-state index in [1.54, 1.807) is 0 Å². The van der Waals surface area contributed by atoms with Crippen molar-refractivity contribution in [1.82, 2.24) is 4.90 Å². The van der Waals surface area contributed by atoms with E-state index < -0.39 is 0 Å². The molecule has 2 nitrogen and oxygen atoms in total. The summed E-state index contributed by atoms with van der Waals surface area (Å²) in [6, 6.07) is 0.574. The summed E-state index contributed by atoms with van der Waals surface area (Å²) in [6.45, 7) is 2.16. The molecule has 0 spiro atoms. The number of hydrogen-bond donors (Lipinski definition) is 0. The van der Waals surface area contributed by atoms with Gasteiger partial charge < -0.3 is 4.90 Å². The lowest BCUT2D eigenvalue weighted by atomic mass is 9.91. The molecule has 2 heteroatoms. The molecule has 2 aliphatic rings. The summed E-state index contributed by atoms with van der Waals surface area (Å²) in [5, 5.41) is 0. The van der Waals surface area contributed by atoms with E-state index in [2.05, 4.69) is 6.92 Å². The number of hydrogen-bond acceptors (Lipinski definition) is 1. The lowest BCUT2D eigenvalue weighted by Gasteiger charge is -2.34. The highest BCUT2D eigenvalue weighted by Crippen LogP contribution is 2.40. The topological polar surface area (TPSA) is 20.3 Å². The molecule has 68 valence electrons. The van der Waals surface area contributed by atoms with E-state index in [0.717, 1.165) is 6.42 Å². The minimum absolute atomic E-state index is 0.371. The summed E-state index contributed by atoms with van der Waals surface area (Å²) < 4.78 is 0. The van der Waals surface area contributed by atoms with Crippen molar-refractivity contribution < 1.29 is 4.79 Å². The van der Waals surface area contributed by atoms with Crippen molar-refractivity contribution in [2.24, 2.45) is 11.8 Å². The van der Waals surface area contributed by atoms with Gasteiger partial charge in [0.1, 0.15) is 0 Å². The molecule has 0 heterocycles. The zero-order valence-electron chi connectivity index (χ0n) is 7.92. The largest absolute Gasteiger partial charge is 0.343 e. The van der Waals surface area contributed by atoms with Gasteiger partial charge in [-0.15, -0.1) is 0 Å². The van der Waals surface area contributed by atoms with Crippen LogP contribution in [0.5, 0.6) is 0 Å². The maximum absolute atomic E-state index is 11.7. The second-order valence-corrected chi connectivity index (χ2v) is 4.35. The molecule has 0 radical (unpaired) electrons. The van der Waals surface area contributed by atoms with E-state index in [-0.39, 0.29) is 0 Å². The Morgan fingerprint density at radius 2 is 2.00 bits per heavy atom. The van der Waals surface area contributed by atoms with Crippen molar-refractivity contribution in [3.63, 3.8) is 0 Å². The van der Waals surface area contributed by atoms with E-state index >= 15 is 0 Å². The third-order valence-corrected chi connectivity index (χ3v) is 3.40. The third kappa shape index (κ3) is 1.23. The van der Waals surface area contributed by atoms with Crippen molar-refractivity contribution in [2.45, 2.75) is 38.6 Å². The highest BCUT2D eigenvalue weighted by molar-refractivity contribution is 5.81. The molecule has 2 rings (SSSR count). The van der Waals surface area contributed by atoms with Crippen molar-refractivity contribution in [3.8, 4) is 0 Å². The maximum atomic E-state index is 11.7. The van der Waals surface area contributed by atoms with E-state index in [9.17, 15) is 4.79 Å². The van der Waals surface area contributed by atoms with Crippen LogP contribution in [0.1, 0.15) is 32.6 Å². The Hall–Kier alpha value is -0.530. The number of rotatable bonds is 2. The highest BCUT2D eigenvalue weighted by atomic mass is 16.2. The standard InChI is InChI=1S/C10H17NO/c1-7-6-9(7)10(12)11(2)8-4-3-5-8/h7-9H,3-6H2,1-2H3.